The summed E-state index contributed by atoms with van der Waals surface area (Å²) in [5.41, 5.74) is -0.0316. The Morgan fingerprint density at radius 2 is 1.78 bits per heavy atom. The minimum atomic E-state index is -4.14. The van der Waals surface area contributed by atoms with Crippen molar-refractivity contribution < 1.29 is 17.2 Å². The van der Waals surface area contributed by atoms with Crippen molar-refractivity contribution in [1.82, 2.24) is 4.98 Å². The molecule has 0 amide bonds. The van der Waals surface area contributed by atoms with Gasteiger partial charge in [-0.25, -0.2) is 17.2 Å². The lowest BCUT2D eigenvalue weighted by atomic mass is 10.2. The molecule has 0 saturated carbocycles. The molecule has 2 N–H and O–H groups in total. The fourth-order valence-electron chi connectivity index (χ4n) is 2.09. The van der Waals surface area contributed by atoms with Gasteiger partial charge in [0.1, 0.15) is 16.5 Å². The third-order valence-electron chi connectivity index (χ3n) is 3.15. The Balaban J connectivity index is 2.06. The molecule has 0 spiro atoms. The van der Waals surface area contributed by atoms with Gasteiger partial charge in [-0.3, -0.25) is 4.72 Å². The van der Waals surface area contributed by atoms with Gasteiger partial charge in [0.25, 0.3) is 10.0 Å². The van der Waals surface area contributed by atoms with E-state index in [0.29, 0.717) is 28.1 Å². The Kier molecular flexibility index (Phi) is 3.95. The number of hydrogen-bond donors (Lipinski definition) is 2. The zero-order chi connectivity index (χ0) is 16.8. The summed E-state index contributed by atoms with van der Waals surface area (Å²) in [5.74, 6) is -1.92. The first kappa shape index (κ1) is 16.0. The Bertz CT molecular complexity index is 1020. The number of hydrogen-bond acceptors (Lipinski definition) is 2. The smallest absolute Gasteiger partial charge is 0.264 e. The molecule has 1 aromatic heterocycles. The first-order chi connectivity index (χ1) is 10.8. The number of aromatic nitrogens is 1. The maximum atomic E-state index is 13.8. The van der Waals surface area contributed by atoms with Crippen molar-refractivity contribution in [1.29, 1.82) is 0 Å². The van der Waals surface area contributed by atoms with Crippen molar-refractivity contribution in [3.8, 4) is 0 Å². The monoisotopic (exact) mass is 376 g/mol. The highest BCUT2D eigenvalue weighted by atomic mass is 35.5. The maximum absolute atomic E-state index is 13.8. The van der Waals surface area contributed by atoms with E-state index in [4.69, 9.17) is 23.2 Å². The highest BCUT2D eigenvalue weighted by Crippen LogP contribution is 2.29. The second kappa shape index (κ2) is 5.67. The van der Waals surface area contributed by atoms with Crippen LogP contribution in [0, 0.1) is 11.6 Å². The van der Waals surface area contributed by atoms with Crippen LogP contribution in [0.5, 0.6) is 0 Å². The SMILES string of the molecule is O=S(=O)(Nc1cc(F)c(Cl)cc1F)c1c[nH]c2cc(Cl)ccc12. The number of nitrogens with one attached hydrogen (secondary N) is 2. The molecule has 4 nitrogen and oxygen atoms in total. The lowest BCUT2D eigenvalue weighted by Crippen LogP contribution is -2.14. The summed E-state index contributed by atoms with van der Waals surface area (Å²) >= 11 is 11.3. The molecule has 3 rings (SSSR count). The van der Waals surface area contributed by atoms with Gasteiger partial charge >= 0.3 is 0 Å². The predicted molar refractivity (Wildman–Crippen MR) is 85.5 cm³/mol. The van der Waals surface area contributed by atoms with Gasteiger partial charge in [0.2, 0.25) is 0 Å². The number of H-pyrrole nitrogens is 1. The van der Waals surface area contributed by atoms with Crippen molar-refractivity contribution in [2.24, 2.45) is 0 Å². The van der Waals surface area contributed by atoms with Gasteiger partial charge in [-0.05, 0) is 24.3 Å². The lowest BCUT2D eigenvalue weighted by molar-refractivity contribution is 0.595. The third-order valence-corrected chi connectivity index (χ3v) is 5.08. The van der Waals surface area contributed by atoms with Crippen LogP contribution in [0.25, 0.3) is 10.9 Å². The van der Waals surface area contributed by atoms with Gasteiger partial charge in [-0.15, -0.1) is 0 Å². The maximum Gasteiger partial charge on any atom is 0.264 e. The van der Waals surface area contributed by atoms with E-state index in [-0.39, 0.29) is 4.90 Å². The second-order valence-electron chi connectivity index (χ2n) is 4.69. The van der Waals surface area contributed by atoms with Crippen LogP contribution in [0.15, 0.2) is 41.4 Å². The molecule has 0 aliphatic rings. The molecule has 0 aliphatic heterocycles. The second-order valence-corrected chi connectivity index (χ2v) is 7.19. The van der Waals surface area contributed by atoms with E-state index in [0.717, 1.165) is 0 Å². The molecule has 0 bridgehead atoms. The molecule has 23 heavy (non-hydrogen) atoms. The topological polar surface area (TPSA) is 62.0 Å². The van der Waals surface area contributed by atoms with E-state index in [1.807, 2.05) is 4.72 Å². The van der Waals surface area contributed by atoms with E-state index in [1.54, 1.807) is 6.07 Å². The predicted octanol–water partition coefficient (Wildman–Crippen LogP) is 4.55. The molecule has 0 atom stereocenters. The third kappa shape index (κ3) is 2.99. The van der Waals surface area contributed by atoms with E-state index in [1.165, 1.54) is 18.3 Å². The number of anilines is 1. The van der Waals surface area contributed by atoms with Gasteiger partial charge in [-0.1, -0.05) is 23.2 Å². The van der Waals surface area contributed by atoms with E-state index < -0.39 is 32.4 Å². The van der Waals surface area contributed by atoms with Gasteiger partial charge < -0.3 is 4.98 Å². The van der Waals surface area contributed by atoms with Crippen molar-refractivity contribution in [2.75, 3.05) is 4.72 Å². The largest absolute Gasteiger partial charge is 0.360 e. The molecule has 0 unspecified atom stereocenters. The van der Waals surface area contributed by atoms with Crippen LogP contribution >= 0.6 is 23.2 Å². The van der Waals surface area contributed by atoms with Crippen LogP contribution in [0.4, 0.5) is 14.5 Å². The van der Waals surface area contributed by atoms with Gasteiger partial charge in [0.05, 0.1) is 10.7 Å². The minimum absolute atomic E-state index is 0.112. The van der Waals surface area contributed by atoms with Crippen LogP contribution < -0.4 is 4.72 Å². The molecule has 120 valence electrons. The molecule has 0 saturated heterocycles. The fourth-order valence-corrected chi connectivity index (χ4v) is 3.65. The standard InChI is InChI=1S/C14H8Cl2F2N2O2S/c15-7-1-2-8-12(3-7)19-6-14(8)23(21,22)20-13-5-10(17)9(16)4-11(13)18/h1-6,19-20H. The molecule has 0 fully saturated rings. The van der Waals surface area contributed by atoms with Gasteiger partial charge in [0.15, 0.2) is 0 Å². The Morgan fingerprint density at radius 3 is 2.52 bits per heavy atom. The Morgan fingerprint density at radius 1 is 1.04 bits per heavy atom. The quantitative estimate of drug-likeness (QED) is 0.658. The molecule has 0 aliphatic carbocycles. The molecule has 3 aromatic rings. The summed E-state index contributed by atoms with van der Waals surface area (Å²) in [6.45, 7) is 0. The van der Waals surface area contributed by atoms with Crippen molar-refractivity contribution in [3.63, 3.8) is 0 Å². The highest BCUT2D eigenvalue weighted by Gasteiger charge is 2.21. The summed E-state index contributed by atoms with van der Waals surface area (Å²) in [6.07, 6.45) is 1.24. The van der Waals surface area contributed by atoms with Gasteiger partial charge in [0, 0.05) is 28.2 Å². The Labute approximate surface area is 140 Å². The van der Waals surface area contributed by atoms with Crippen molar-refractivity contribution >= 4 is 49.8 Å². The van der Waals surface area contributed by atoms with Crippen LogP contribution in [0.1, 0.15) is 0 Å². The van der Waals surface area contributed by atoms with E-state index in [2.05, 4.69) is 4.98 Å². The first-order valence-corrected chi connectivity index (χ1v) is 8.46. The zero-order valence-corrected chi connectivity index (χ0v) is 13.5. The molecule has 0 radical (unpaired) electrons. The first-order valence-electron chi connectivity index (χ1n) is 6.22. The summed E-state index contributed by atoms with van der Waals surface area (Å²) in [6, 6.07) is 5.98. The summed E-state index contributed by atoms with van der Waals surface area (Å²) in [4.78, 5) is 2.65. The molecular formula is C14H8Cl2F2N2O2S. The van der Waals surface area contributed by atoms with Crippen LogP contribution in [-0.2, 0) is 10.0 Å². The number of rotatable bonds is 3. The number of halogens is 4. The average Bonchev–Trinajstić information content (AvgIpc) is 2.88. The summed E-state index contributed by atoms with van der Waals surface area (Å²) in [7, 11) is -4.14. The number of sulfonamides is 1. The average molecular weight is 377 g/mol. The van der Waals surface area contributed by atoms with E-state index >= 15 is 0 Å². The highest BCUT2D eigenvalue weighted by molar-refractivity contribution is 7.93. The summed E-state index contributed by atoms with van der Waals surface area (Å²) < 4.78 is 54.0. The molecule has 1 heterocycles. The van der Waals surface area contributed by atoms with Crippen LogP contribution in [-0.4, -0.2) is 13.4 Å². The number of aromatic amines is 1. The normalized spacial score (nSPS) is 11.8. The molecular weight excluding hydrogens is 369 g/mol. The minimum Gasteiger partial charge on any atom is -0.360 e. The molecule has 9 heteroatoms. The van der Waals surface area contributed by atoms with Crippen molar-refractivity contribution in [3.05, 3.63) is 58.2 Å². The fraction of sp³-hybridized carbons (Fsp3) is 0. The number of benzene rings is 2. The molecule has 2 aromatic carbocycles. The lowest BCUT2D eigenvalue weighted by Gasteiger charge is -2.09. The zero-order valence-electron chi connectivity index (χ0n) is 11.2. The van der Waals surface area contributed by atoms with Gasteiger partial charge in [-0.2, -0.15) is 0 Å². The Hall–Kier alpha value is -1.83. The van der Waals surface area contributed by atoms with Crippen LogP contribution in [0.2, 0.25) is 10.0 Å². The van der Waals surface area contributed by atoms with Crippen molar-refractivity contribution in [2.45, 2.75) is 4.90 Å². The van der Waals surface area contributed by atoms with Crippen LogP contribution in [0.3, 0.4) is 0 Å². The summed E-state index contributed by atoms with van der Waals surface area (Å²) in [5, 5.41) is 0.367. The number of fused-ring (bicyclic) bond motifs is 1. The van der Waals surface area contributed by atoms with E-state index in [9.17, 15) is 17.2 Å².